The molecule has 0 amide bonds. The molecule has 0 fully saturated rings. The maximum atomic E-state index is 11.9. The molecule has 0 unspecified atom stereocenters. The van der Waals surface area contributed by atoms with Gasteiger partial charge >= 0.3 is 6.36 Å². The predicted octanol–water partition coefficient (Wildman–Crippen LogP) is 1.91. The number of rotatable bonds is 1. The number of H-pyrrole nitrogens is 1. The lowest BCUT2D eigenvalue weighted by atomic mass is 10.3. The van der Waals surface area contributed by atoms with Gasteiger partial charge in [0.2, 0.25) is 5.75 Å². The molecule has 1 rings (SSSR count). The average molecular weight is 283 g/mol. The second-order valence-corrected chi connectivity index (χ2v) is 3.13. The smallest absolute Gasteiger partial charge is 0.399 e. The number of aromatic nitrogens is 1. The van der Waals surface area contributed by atoms with Gasteiger partial charge in [-0.1, -0.05) is 0 Å². The van der Waals surface area contributed by atoms with Crippen molar-refractivity contribution in [1.82, 2.24) is 4.98 Å². The van der Waals surface area contributed by atoms with E-state index in [1.54, 1.807) is 6.07 Å². The van der Waals surface area contributed by atoms with Crippen LogP contribution < -0.4 is 10.3 Å². The zero-order chi connectivity index (χ0) is 11.6. The molecule has 1 heterocycles. The van der Waals surface area contributed by atoms with E-state index >= 15 is 0 Å². The molecule has 1 aromatic heterocycles. The molecule has 0 saturated heterocycles. The summed E-state index contributed by atoms with van der Waals surface area (Å²) in [7, 11) is 0. The summed E-state index contributed by atoms with van der Waals surface area (Å²) < 4.78 is 38.7. The molecule has 0 saturated carbocycles. The first-order valence-corrected chi connectivity index (χ1v) is 4.21. The van der Waals surface area contributed by atoms with Crippen molar-refractivity contribution in [2.75, 3.05) is 0 Å². The van der Waals surface area contributed by atoms with Gasteiger partial charge in [0.25, 0.3) is 5.56 Å². The normalized spacial score (nSPS) is 10.9. The summed E-state index contributed by atoms with van der Waals surface area (Å²) in [4.78, 5) is 12.9. The summed E-state index contributed by atoms with van der Waals surface area (Å²) in [6.07, 6.45) is -4.00. The van der Waals surface area contributed by atoms with Crippen LogP contribution in [0.15, 0.2) is 15.5 Å². The lowest BCUT2D eigenvalue weighted by molar-refractivity contribution is -0.275. The van der Waals surface area contributed by atoms with Crippen molar-refractivity contribution >= 4 is 15.9 Å². The van der Waals surface area contributed by atoms with Gasteiger partial charge < -0.3 is 9.72 Å². The molecule has 1 N–H and O–H groups in total. The van der Waals surface area contributed by atoms with Gasteiger partial charge in [-0.05, 0) is 15.9 Å². The second kappa shape index (κ2) is 3.94. The van der Waals surface area contributed by atoms with Gasteiger partial charge in [0, 0.05) is 6.20 Å². The Bertz CT molecular complexity index is 475. The zero-order valence-corrected chi connectivity index (χ0v) is 8.44. The van der Waals surface area contributed by atoms with E-state index in [-0.39, 0.29) is 10.0 Å². The van der Waals surface area contributed by atoms with Crippen molar-refractivity contribution < 1.29 is 17.9 Å². The van der Waals surface area contributed by atoms with Gasteiger partial charge in [-0.15, -0.1) is 13.2 Å². The quantitative estimate of drug-likeness (QED) is 0.856. The predicted molar refractivity (Wildman–Crippen MR) is 46.2 cm³/mol. The highest BCUT2D eigenvalue weighted by molar-refractivity contribution is 9.10. The van der Waals surface area contributed by atoms with Crippen molar-refractivity contribution in [2.24, 2.45) is 0 Å². The molecule has 0 radical (unpaired) electrons. The van der Waals surface area contributed by atoms with Crippen molar-refractivity contribution in [1.29, 1.82) is 5.26 Å². The number of nitriles is 1. The fourth-order valence-electron chi connectivity index (χ4n) is 0.777. The zero-order valence-electron chi connectivity index (χ0n) is 6.85. The van der Waals surface area contributed by atoms with Crippen LogP contribution in [-0.4, -0.2) is 11.3 Å². The van der Waals surface area contributed by atoms with Gasteiger partial charge in [-0.25, -0.2) is 0 Å². The summed E-state index contributed by atoms with van der Waals surface area (Å²) in [5.41, 5.74) is -1.23. The van der Waals surface area contributed by atoms with Crippen LogP contribution in [0, 0.1) is 11.3 Å². The molecule has 1 aromatic rings. The number of aromatic amines is 1. The number of ether oxygens (including phenoxy) is 1. The fraction of sp³-hybridized carbons (Fsp3) is 0.143. The number of nitrogens with one attached hydrogen (secondary N) is 1. The topological polar surface area (TPSA) is 65.9 Å². The first-order chi connectivity index (χ1) is 6.85. The number of nitrogens with zero attached hydrogens (tertiary/aromatic N) is 1. The van der Waals surface area contributed by atoms with Gasteiger partial charge in [-0.2, -0.15) is 5.26 Å². The van der Waals surface area contributed by atoms with Crippen LogP contribution in [-0.2, 0) is 0 Å². The third-order valence-electron chi connectivity index (χ3n) is 1.33. The van der Waals surface area contributed by atoms with Crippen molar-refractivity contribution in [3.63, 3.8) is 0 Å². The van der Waals surface area contributed by atoms with E-state index in [1.165, 1.54) is 0 Å². The molecule has 15 heavy (non-hydrogen) atoms. The first kappa shape index (κ1) is 11.6. The van der Waals surface area contributed by atoms with Gasteiger partial charge in [-0.3, -0.25) is 4.79 Å². The first-order valence-electron chi connectivity index (χ1n) is 3.42. The van der Waals surface area contributed by atoms with E-state index in [0.717, 1.165) is 6.20 Å². The Balaban J connectivity index is 3.30. The Labute approximate surface area is 89.4 Å². The molecule has 0 aromatic carbocycles. The van der Waals surface area contributed by atoms with E-state index in [4.69, 9.17) is 5.26 Å². The molecule has 0 spiro atoms. The highest BCUT2D eigenvalue weighted by atomic mass is 79.9. The van der Waals surface area contributed by atoms with E-state index in [2.05, 4.69) is 20.7 Å². The van der Waals surface area contributed by atoms with Crippen LogP contribution in [0.2, 0.25) is 0 Å². The number of alkyl halides is 3. The largest absolute Gasteiger partial charge is 0.573 e. The lowest BCUT2D eigenvalue weighted by Gasteiger charge is -2.09. The van der Waals surface area contributed by atoms with E-state index < -0.39 is 17.7 Å². The van der Waals surface area contributed by atoms with E-state index in [9.17, 15) is 18.0 Å². The summed E-state index contributed by atoms with van der Waals surface area (Å²) >= 11 is 2.68. The van der Waals surface area contributed by atoms with Crippen LogP contribution in [0.25, 0.3) is 0 Å². The second-order valence-electron chi connectivity index (χ2n) is 2.33. The summed E-state index contributed by atoms with van der Waals surface area (Å²) in [6.45, 7) is 0. The minimum absolute atomic E-state index is 0.158. The highest BCUT2D eigenvalue weighted by Crippen LogP contribution is 2.28. The minimum atomic E-state index is -4.98. The third-order valence-corrected chi connectivity index (χ3v) is 2.12. The molecule has 8 heteroatoms. The lowest BCUT2D eigenvalue weighted by Crippen LogP contribution is -2.23. The van der Waals surface area contributed by atoms with Crippen molar-refractivity contribution in [2.45, 2.75) is 6.36 Å². The summed E-state index contributed by atoms with van der Waals surface area (Å²) in [5, 5.41) is 8.49. The van der Waals surface area contributed by atoms with Gasteiger partial charge in [0.15, 0.2) is 0 Å². The molecule has 4 nitrogen and oxygen atoms in total. The monoisotopic (exact) mass is 282 g/mol. The molecule has 80 valence electrons. The molecule has 0 aliphatic carbocycles. The maximum Gasteiger partial charge on any atom is 0.573 e. The molecule has 0 bridgehead atoms. The Morgan fingerprint density at radius 3 is 2.60 bits per heavy atom. The minimum Gasteiger partial charge on any atom is -0.399 e. The van der Waals surface area contributed by atoms with Crippen LogP contribution in [0.3, 0.4) is 0 Å². The SMILES string of the molecule is N#Cc1c[nH]c(=O)c(OC(F)(F)F)c1Br. The molecular formula is C7H2BrF3N2O2. The van der Waals surface area contributed by atoms with E-state index in [1.807, 2.05) is 4.98 Å². The number of hydrogen-bond donors (Lipinski definition) is 1. The van der Waals surface area contributed by atoms with E-state index in [0.29, 0.717) is 0 Å². The van der Waals surface area contributed by atoms with Crippen molar-refractivity contribution in [3.8, 4) is 11.8 Å². The van der Waals surface area contributed by atoms with Crippen LogP contribution in [0.4, 0.5) is 13.2 Å². The van der Waals surface area contributed by atoms with Crippen LogP contribution in [0.1, 0.15) is 5.56 Å². The van der Waals surface area contributed by atoms with Gasteiger partial charge in [0.05, 0.1) is 10.0 Å². The van der Waals surface area contributed by atoms with Gasteiger partial charge in [0.1, 0.15) is 6.07 Å². The average Bonchev–Trinajstić information content (AvgIpc) is 2.11. The maximum absolute atomic E-state index is 11.9. The number of pyridine rings is 1. The Morgan fingerprint density at radius 2 is 2.13 bits per heavy atom. The highest BCUT2D eigenvalue weighted by Gasteiger charge is 2.33. The Kier molecular flexibility index (Phi) is 3.04. The van der Waals surface area contributed by atoms with Crippen LogP contribution in [0.5, 0.6) is 5.75 Å². The van der Waals surface area contributed by atoms with Crippen LogP contribution >= 0.6 is 15.9 Å². The fourth-order valence-corrected chi connectivity index (χ4v) is 1.24. The number of hydrogen-bond acceptors (Lipinski definition) is 3. The summed E-state index contributed by atoms with van der Waals surface area (Å²) in [6, 6.07) is 1.58. The van der Waals surface area contributed by atoms with Crippen molar-refractivity contribution in [3.05, 3.63) is 26.6 Å². The molecule has 0 aliphatic heterocycles. The third kappa shape index (κ3) is 2.73. The number of halogens is 4. The Morgan fingerprint density at radius 1 is 1.53 bits per heavy atom. The molecule has 0 aliphatic rings. The Hall–Kier alpha value is -1.49. The molecule has 0 atom stereocenters. The molecular weight excluding hydrogens is 281 g/mol. The summed E-state index contributed by atoms with van der Waals surface area (Å²) in [5.74, 6) is -0.985. The standard InChI is InChI=1S/C7H2BrF3N2O2/c8-4-3(1-12)2-13-6(14)5(4)15-7(9,10)11/h2H,(H,13,14).